The predicted molar refractivity (Wildman–Crippen MR) is 92.1 cm³/mol. The Morgan fingerprint density at radius 1 is 1.32 bits per heavy atom. The van der Waals surface area contributed by atoms with Crippen LogP contribution in [-0.2, 0) is 0 Å². The number of aromatic carboxylic acids is 1. The Bertz CT molecular complexity index is 1100. The van der Waals surface area contributed by atoms with Crippen LogP contribution in [0.4, 0.5) is 4.39 Å². The maximum atomic E-state index is 13.7. The lowest BCUT2D eigenvalue weighted by molar-refractivity contribution is 0.0692. The molecule has 6 nitrogen and oxygen atoms in total. The van der Waals surface area contributed by atoms with Crippen LogP contribution in [-0.4, -0.2) is 31.2 Å². The molecule has 0 saturated carbocycles. The standard InChI is InChI=1S/C17H11FN4O2S/c1-8-11(18)5-4-10-12(8)21-22-13(10)16-20-14(17(23)24)15(25-16)9-3-2-6-19-7-9/h2-7H,1H3,(H,21,22)(H,23,24). The number of H-pyrrole nitrogens is 1. The Balaban J connectivity index is 1.93. The van der Waals surface area contributed by atoms with E-state index in [1.165, 1.54) is 17.4 Å². The molecule has 0 amide bonds. The van der Waals surface area contributed by atoms with E-state index in [2.05, 4.69) is 20.2 Å². The number of pyridine rings is 1. The van der Waals surface area contributed by atoms with E-state index in [4.69, 9.17) is 0 Å². The van der Waals surface area contributed by atoms with E-state index in [1.807, 2.05) is 0 Å². The molecule has 124 valence electrons. The van der Waals surface area contributed by atoms with Gasteiger partial charge in [0.15, 0.2) is 5.69 Å². The second kappa shape index (κ2) is 5.75. The number of nitrogens with one attached hydrogen (secondary N) is 1. The van der Waals surface area contributed by atoms with Crippen LogP contribution in [0.3, 0.4) is 0 Å². The minimum atomic E-state index is -1.12. The van der Waals surface area contributed by atoms with Crippen molar-refractivity contribution in [1.29, 1.82) is 0 Å². The van der Waals surface area contributed by atoms with Gasteiger partial charge in [-0.25, -0.2) is 14.2 Å². The summed E-state index contributed by atoms with van der Waals surface area (Å²) in [5, 5.41) is 17.7. The van der Waals surface area contributed by atoms with Gasteiger partial charge < -0.3 is 5.11 Å². The molecular weight excluding hydrogens is 343 g/mol. The minimum absolute atomic E-state index is 0.0467. The fourth-order valence-electron chi connectivity index (χ4n) is 2.62. The van der Waals surface area contributed by atoms with Crippen molar-refractivity contribution in [2.45, 2.75) is 6.92 Å². The van der Waals surface area contributed by atoms with Crippen LogP contribution in [0, 0.1) is 12.7 Å². The maximum absolute atomic E-state index is 13.7. The second-order valence-electron chi connectivity index (χ2n) is 5.41. The lowest BCUT2D eigenvalue weighted by atomic mass is 10.1. The number of aryl methyl sites for hydroxylation is 1. The van der Waals surface area contributed by atoms with Gasteiger partial charge in [0.2, 0.25) is 0 Å². The van der Waals surface area contributed by atoms with Gasteiger partial charge in [-0.05, 0) is 25.1 Å². The summed E-state index contributed by atoms with van der Waals surface area (Å²) in [6, 6.07) is 6.49. The molecule has 0 saturated heterocycles. The molecule has 4 aromatic rings. The van der Waals surface area contributed by atoms with E-state index in [1.54, 1.807) is 37.5 Å². The number of carbonyl (C=O) groups is 1. The topological polar surface area (TPSA) is 91.8 Å². The summed E-state index contributed by atoms with van der Waals surface area (Å²) in [6.45, 7) is 1.65. The number of aromatic nitrogens is 4. The number of halogens is 1. The molecule has 1 aromatic carbocycles. The van der Waals surface area contributed by atoms with Crippen molar-refractivity contribution >= 4 is 28.2 Å². The monoisotopic (exact) mass is 354 g/mol. The highest BCUT2D eigenvalue weighted by molar-refractivity contribution is 7.18. The van der Waals surface area contributed by atoms with Crippen LogP contribution in [0.5, 0.6) is 0 Å². The zero-order valence-corrected chi connectivity index (χ0v) is 13.8. The first-order valence-electron chi connectivity index (χ1n) is 7.34. The van der Waals surface area contributed by atoms with Crippen molar-refractivity contribution in [3.63, 3.8) is 0 Å². The van der Waals surface area contributed by atoms with Crippen LogP contribution in [0.2, 0.25) is 0 Å². The van der Waals surface area contributed by atoms with Crippen molar-refractivity contribution in [3.8, 4) is 21.1 Å². The molecule has 2 N–H and O–H groups in total. The molecule has 25 heavy (non-hydrogen) atoms. The highest BCUT2D eigenvalue weighted by Crippen LogP contribution is 2.37. The number of fused-ring (bicyclic) bond motifs is 1. The van der Waals surface area contributed by atoms with Gasteiger partial charge in [-0.1, -0.05) is 6.07 Å². The summed E-state index contributed by atoms with van der Waals surface area (Å²) in [5.41, 5.74) is 2.14. The average Bonchev–Trinajstić information content (AvgIpc) is 3.23. The lowest BCUT2D eigenvalue weighted by Crippen LogP contribution is -1.98. The van der Waals surface area contributed by atoms with E-state index >= 15 is 0 Å². The first-order chi connectivity index (χ1) is 12.1. The van der Waals surface area contributed by atoms with Gasteiger partial charge in [0, 0.05) is 28.9 Å². The van der Waals surface area contributed by atoms with Crippen LogP contribution < -0.4 is 0 Å². The normalized spacial score (nSPS) is 11.1. The van der Waals surface area contributed by atoms with Gasteiger partial charge in [-0.3, -0.25) is 10.1 Å². The Hall–Kier alpha value is -3.13. The Kier molecular flexibility index (Phi) is 3.54. The van der Waals surface area contributed by atoms with Crippen LogP contribution >= 0.6 is 11.3 Å². The van der Waals surface area contributed by atoms with Crippen molar-refractivity contribution in [1.82, 2.24) is 20.2 Å². The maximum Gasteiger partial charge on any atom is 0.356 e. The van der Waals surface area contributed by atoms with Crippen molar-refractivity contribution in [2.24, 2.45) is 0 Å². The Morgan fingerprint density at radius 3 is 2.88 bits per heavy atom. The molecule has 0 bridgehead atoms. The van der Waals surface area contributed by atoms with E-state index in [9.17, 15) is 14.3 Å². The van der Waals surface area contributed by atoms with Gasteiger partial charge in [-0.2, -0.15) is 5.10 Å². The lowest BCUT2D eigenvalue weighted by Gasteiger charge is -1.97. The summed E-state index contributed by atoms with van der Waals surface area (Å²) >= 11 is 1.23. The quantitative estimate of drug-likeness (QED) is 0.582. The highest BCUT2D eigenvalue weighted by Gasteiger charge is 2.22. The van der Waals surface area contributed by atoms with E-state index in [-0.39, 0.29) is 11.5 Å². The number of carboxylic acids is 1. The summed E-state index contributed by atoms with van der Waals surface area (Å²) in [6.07, 6.45) is 3.21. The molecule has 0 spiro atoms. The van der Waals surface area contributed by atoms with E-state index < -0.39 is 5.97 Å². The molecule has 0 aliphatic rings. The molecule has 3 heterocycles. The van der Waals surface area contributed by atoms with E-state index in [0.29, 0.717) is 37.6 Å². The molecule has 0 aliphatic heterocycles. The van der Waals surface area contributed by atoms with Gasteiger partial charge in [-0.15, -0.1) is 11.3 Å². The van der Waals surface area contributed by atoms with Crippen molar-refractivity contribution in [2.75, 3.05) is 0 Å². The summed E-state index contributed by atoms with van der Waals surface area (Å²) in [4.78, 5) is 20.4. The number of nitrogens with zero attached hydrogens (tertiary/aromatic N) is 3. The highest BCUT2D eigenvalue weighted by atomic mass is 32.1. The van der Waals surface area contributed by atoms with Crippen molar-refractivity contribution < 1.29 is 14.3 Å². The van der Waals surface area contributed by atoms with Crippen LogP contribution in [0.15, 0.2) is 36.7 Å². The number of hydrogen-bond acceptors (Lipinski definition) is 5. The number of thiazole rings is 1. The van der Waals surface area contributed by atoms with Gasteiger partial charge in [0.25, 0.3) is 0 Å². The van der Waals surface area contributed by atoms with Crippen LogP contribution in [0.25, 0.3) is 32.0 Å². The SMILES string of the molecule is Cc1c(F)ccc2c(-c3nc(C(=O)O)c(-c4cccnc4)s3)[nH]nc12. The first kappa shape index (κ1) is 15.4. The third-order valence-electron chi connectivity index (χ3n) is 3.88. The number of aromatic amines is 1. The molecule has 0 aliphatic carbocycles. The molecule has 0 atom stereocenters. The smallest absolute Gasteiger partial charge is 0.356 e. The Labute approximate surface area is 145 Å². The fraction of sp³-hybridized carbons (Fsp3) is 0.0588. The van der Waals surface area contributed by atoms with E-state index in [0.717, 1.165) is 0 Å². The van der Waals surface area contributed by atoms with Gasteiger partial charge >= 0.3 is 5.97 Å². The predicted octanol–water partition coefficient (Wildman–Crippen LogP) is 3.89. The zero-order valence-electron chi connectivity index (χ0n) is 12.9. The summed E-state index contributed by atoms with van der Waals surface area (Å²) < 4.78 is 13.7. The molecule has 4 rings (SSSR count). The molecular formula is C17H11FN4O2S. The molecule has 0 unspecified atom stereocenters. The number of hydrogen-bond donors (Lipinski definition) is 2. The molecule has 0 radical (unpaired) electrons. The van der Waals surface area contributed by atoms with Gasteiger partial charge in [0.05, 0.1) is 10.4 Å². The molecule has 0 fully saturated rings. The summed E-state index contributed by atoms with van der Waals surface area (Å²) in [5.74, 6) is -1.46. The third kappa shape index (κ3) is 2.47. The summed E-state index contributed by atoms with van der Waals surface area (Å²) in [7, 11) is 0. The average molecular weight is 354 g/mol. The van der Waals surface area contributed by atoms with Crippen molar-refractivity contribution in [3.05, 3.63) is 53.7 Å². The van der Waals surface area contributed by atoms with Crippen LogP contribution in [0.1, 0.15) is 16.1 Å². The number of benzene rings is 1. The number of rotatable bonds is 3. The second-order valence-corrected chi connectivity index (χ2v) is 6.41. The number of carboxylic acid groups (broad SMARTS) is 1. The molecule has 8 heteroatoms. The Morgan fingerprint density at radius 2 is 2.16 bits per heavy atom. The van der Waals surface area contributed by atoms with Gasteiger partial charge in [0.1, 0.15) is 16.5 Å². The minimum Gasteiger partial charge on any atom is -0.476 e. The third-order valence-corrected chi connectivity index (χ3v) is 5.00. The molecule has 3 aromatic heterocycles. The largest absolute Gasteiger partial charge is 0.476 e. The zero-order chi connectivity index (χ0) is 17.6. The fourth-order valence-corrected chi connectivity index (χ4v) is 3.68. The first-order valence-corrected chi connectivity index (χ1v) is 8.16.